The zero-order valence-corrected chi connectivity index (χ0v) is 11.0. The van der Waals surface area contributed by atoms with Gasteiger partial charge in [0, 0.05) is 12.0 Å². The fourth-order valence-electron chi connectivity index (χ4n) is 2.71. The molecule has 0 N–H and O–H groups in total. The van der Waals surface area contributed by atoms with Crippen molar-refractivity contribution in [1.29, 1.82) is 0 Å². The monoisotopic (exact) mass is 241 g/mol. The molecule has 1 saturated carbocycles. The Morgan fingerprint density at radius 3 is 2.31 bits per heavy atom. The van der Waals surface area contributed by atoms with E-state index >= 15 is 0 Å². The Bertz CT molecular complexity index is 345. The summed E-state index contributed by atoms with van der Waals surface area (Å²) in [4.78, 5) is 0. The Kier molecular flexibility index (Phi) is 3.29. The summed E-state index contributed by atoms with van der Waals surface area (Å²) < 4.78 is 4.93. The summed E-state index contributed by atoms with van der Waals surface area (Å²) in [6, 6.07) is 1.86. The second kappa shape index (κ2) is 4.40. The molecule has 2 nitrogen and oxygen atoms in total. The molecule has 3 heteroatoms. The molecule has 0 aromatic carbocycles. The molecule has 1 heterocycles. The first-order chi connectivity index (χ1) is 7.47. The predicted molar refractivity (Wildman–Crippen MR) is 65.7 cm³/mol. The van der Waals surface area contributed by atoms with Gasteiger partial charge in [0.2, 0.25) is 5.22 Å². The van der Waals surface area contributed by atoms with Crippen LogP contribution in [-0.2, 0) is 0 Å². The lowest BCUT2D eigenvalue weighted by Gasteiger charge is -2.36. The van der Waals surface area contributed by atoms with Crippen molar-refractivity contribution in [2.24, 2.45) is 11.3 Å². The zero-order valence-electron chi connectivity index (χ0n) is 10.3. The van der Waals surface area contributed by atoms with Gasteiger partial charge in [0.1, 0.15) is 0 Å². The minimum absolute atomic E-state index is 0.410. The maximum Gasteiger partial charge on any atom is 0.226 e. The number of hydrogen-bond acceptors (Lipinski definition) is 2. The molecule has 90 valence electrons. The first-order valence-corrected chi connectivity index (χ1v) is 6.46. The minimum atomic E-state index is 0.410. The first-order valence-electron chi connectivity index (χ1n) is 6.09. The van der Waals surface area contributed by atoms with Crippen molar-refractivity contribution >= 4 is 11.6 Å². The molecule has 0 amide bonds. The van der Waals surface area contributed by atoms with Crippen LogP contribution in [0.4, 0.5) is 0 Å². The van der Waals surface area contributed by atoms with E-state index in [1.165, 1.54) is 25.7 Å². The molecule has 0 aliphatic heterocycles. The van der Waals surface area contributed by atoms with Crippen molar-refractivity contribution in [3.8, 4) is 0 Å². The van der Waals surface area contributed by atoms with Crippen molar-refractivity contribution in [2.45, 2.75) is 52.4 Å². The van der Waals surface area contributed by atoms with Gasteiger partial charge >= 0.3 is 0 Å². The van der Waals surface area contributed by atoms with Gasteiger partial charge in [-0.25, -0.2) is 0 Å². The highest BCUT2D eigenvalue weighted by Gasteiger charge is 2.31. The Labute approximate surface area is 102 Å². The molecule has 16 heavy (non-hydrogen) atoms. The van der Waals surface area contributed by atoms with Crippen LogP contribution in [0, 0.1) is 11.3 Å². The van der Waals surface area contributed by atoms with Crippen LogP contribution in [-0.4, -0.2) is 5.16 Å². The summed E-state index contributed by atoms with van der Waals surface area (Å²) >= 11 is 5.75. The molecule has 0 radical (unpaired) electrons. The minimum Gasteiger partial charge on any atom is -0.344 e. The molecule has 1 aromatic heterocycles. The van der Waals surface area contributed by atoms with Crippen LogP contribution in [0.5, 0.6) is 0 Å². The van der Waals surface area contributed by atoms with E-state index in [0.29, 0.717) is 16.6 Å². The van der Waals surface area contributed by atoms with E-state index in [0.717, 1.165) is 11.6 Å². The molecule has 1 aliphatic rings. The number of aromatic nitrogens is 1. The number of halogens is 1. The third-order valence-corrected chi connectivity index (χ3v) is 4.05. The molecule has 1 aromatic rings. The van der Waals surface area contributed by atoms with E-state index < -0.39 is 0 Å². The summed E-state index contributed by atoms with van der Waals surface area (Å²) in [5, 5.41) is 4.43. The van der Waals surface area contributed by atoms with Crippen LogP contribution in [0.15, 0.2) is 10.6 Å². The second-order valence-electron chi connectivity index (χ2n) is 5.97. The Morgan fingerprint density at radius 1 is 1.25 bits per heavy atom. The fourth-order valence-corrected chi connectivity index (χ4v) is 2.86. The molecule has 1 fully saturated rings. The zero-order chi connectivity index (χ0) is 11.8. The molecular formula is C13H20ClNO. The van der Waals surface area contributed by atoms with Gasteiger partial charge in [-0.3, -0.25) is 0 Å². The average molecular weight is 242 g/mol. The Hall–Kier alpha value is -0.500. The molecular weight excluding hydrogens is 222 g/mol. The van der Waals surface area contributed by atoms with E-state index in [1.54, 1.807) is 0 Å². The maximum absolute atomic E-state index is 5.75. The molecule has 0 bridgehead atoms. The summed E-state index contributed by atoms with van der Waals surface area (Å²) in [5.74, 6) is 1.39. The van der Waals surface area contributed by atoms with Crippen molar-refractivity contribution in [2.75, 3.05) is 0 Å². The lowest BCUT2D eigenvalue weighted by Crippen LogP contribution is -2.25. The van der Waals surface area contributed by atoms with Crippen molar-refractivity contribution < 1.29 is 4.52 Å². The lowest BCUT2D eigenvalue weighted by molar-refractivity contribution is 0.167. The average Bonchev–Trinajstić information content (AvgIpc) is 2.64. The van der Waals surface area contributed by atoms with Gasteiger partial charge in [-0.1, -0.05) is 25.9 Å². The van der Waals surface area contributed by atoms with E-state index in [4.69, 9.17) is 16.1 Å². The number of rotatable bonds is 1. The van der Waals surface area contributed by atoms with Crippen LogP contribution in [0.25, 0.3) is 0 Å². The standard InChI is InChI=1S/C13H20ClNO/c1-13(2,3)10-6-4-9(5-7-10)11-8-12(14)16-15-11/h8-10H,4-7H2,1-3H3. The summed E-state index contributed by atoms with van der Waals surface area (Å²) in [6.45, 7) is 7.01. The van der Waals surface area contributed by atoms with E-state index in [2.05, 4.69) is 25.9 Å². The highest BCUT2D eigenvalue weighted by molar-refractivity contribution is 6.28. The molecule has 1 aliphatic carbocycles. The molecule has 0 spiro atoms. The van der Waals surface area contributed by atoms with Crippen LogP contribution in [0.1, 0.15) is 58.1 Å². The highest BCUT2D eigenvalue weighted by atomic mass is 35.5. The normalized spacial score (nSPS) is 27.0. The van der Waals surface area contributed by atoms with Crippen LogP contribution < -0.4 is 0 Å². The van der Waals surface area contributed by atoms with Gasteiger partial charge in [0.15, 0.2) is 0 Å². The van der Waals surface area contributed by atoms with Crippen LogP contribution in [0.3, 0.4) is 0 Å². The van der Waals surface area contributed by atoms with Gasteiger partial charge in [-0.2, -0.15) is 0 Å². The van der Waals surface area contributed by atoms with Gasteiger partial charge < -0.3 is 4.52 Å². The summed E-state index contributed by atoms with van der Waals surface area (Å²) in [5.41, 5.74) is 1.48. The van der Waals surface area contributed by atoms with Crippen molar-refractivity contribution in [3.05, 3.63) is 17.0 Å². The second-order valence-corrected chi connectivity index (χ2v) is 6.34. The molecule has 0 saturated heterocycles. The van der Waals surface area contributed by atoms with E-state index in [-0.39, 0.29) is 0 Å². The largest absolute Gasteiger partial charge is 0.344 e. The number of hydrogen-bond donors (Lipinski definition) is 0. The molecule has 2 rings (SSSR count). The predicted octanol–water partition coefficient (Wildman–Crippen LogP) is 4.65. The first kappa shape index (κ1) is 12.0. The third-order valence-electron chi connectivity index (χ3n) is 3.87. The lowest BCUT2D eigenvalue weighted by atomic mass is 9.69. The fraction of sp³-hybridized carbons (Fsp3) is 0.769. The number of nitrogens with zero attached hydrogens (tertiary/aromatic N) is 1. The topological polar surface area (TPSA) is 26.0 Å². The van der Waals surface area contributed by atoms with Gasteiger partial charge in [-0.05, 0) is 48.6 Å². The molecule has 0 atom stereocenters. The molecule has 0 unspecified atom stereocenters. The third kappa shape index (κ3) is 2.60. The van der Waals surface area contributed by atoms with Gasteiger partial charge in [-0.15, -0.1) is 0 Å². The smallest absolute Gasteiger partial charge is 0.226 e. The highest BCUT2D eigenvalue weighted by Crippen LogP contribution is 2.43. The Morgan fingerprint density at radius 2 is 1.88 bits per heavy atom. The van der Waals surface area contributed by atoms with Crippen LogP contribution >= 0.6 is 11.6 Å². The van der Waals surface area contributed by atoms with E-state index in [9.17, 15) is 0 Å². The van der Waals surface area contributed by atoms with Crippen molar-refractivity contribution in [3.63, 3.8) is 0 Å². The van der Waals surface area contributed by atoms with Crippen molar-refractivity contribution in [1.82, 2.24) is 5.16 Å². The van der Waals surface area contributed by atoms with Crippen LogP contribution in [0.2, 0.25) is 5.22 Å². The van der Waals surface area contributed by atoms with Gasteiger partial charge in [0.25, 0.3) is 0 Å². The quantitative estimate of drug-likeness (QED) is 0.716. The maximum atomic E-state index is 5.75. The van der Waals surface area contributed by atoms with Gasteiger partial charge in [0.05, 0.1) is 5.69 Å². The summed E-state index contributed by atoms with van der Waals surface area (Å²) in [7, 11) is 0. The Balaban J connectivity index is 1.95. The SMILES string of the molecule is CC(C)(C)C1CCC(c2cc(Cl)on2)CC1. The summed E-state index contributed by atoms with van der Waals surface area (Å²) in [6.07, 6.45) is 5.01. The van der Waals surface area contributed by atoms with E-state index in [1.807, 2.05) is 6.07 Å².